The van der Waals surface area contributed by atoms with Gasteiger partial charge in [0.2, 0.25) is 0 Å². The lowest BCUT2D eigenvalue weighted by Gasteiger charge is -2.25. The molecule has 2 fully saturated rings. The summed E-state index contributed by atoms with van der Waals surface area (Å²) in [5.41, 5.74) is -0.650. The zero-order valence-electron chi connectivity index (χ0n) is 7.28. The number of hydrogen-bond acceptors (Lipinski definition) is 3. The number of rotatable bonds is 1. The minimum Gasteiger partial charge on any atom is -0.481 e. The highest BCUT2D eigenvalue weighted by Crippen LogP contribution is 2.45. The summed E-state index contributed by atoms with van der Waals surface area (Å²) in [4.78, 5) is 21.9. The highest BCUT2D eigenvalue weighted by molar-refractivity contribution is 5.83. The van der Waals surface area contributed by atoms with Gasteiger partial charge in [0.05, 0.1) is 6.42 Å². The lowest BCUT2D eigenvalue weighted by Crippen LogP contribution is -2.36. The molecule has 1 N–H and O–H groups in total. The SMILES string of the molecule is O=C1C[C@@H](C(=O)O)C2(CCCC2)O1. The number of carbonyl (C=O) groups is 2. The van der Waals surface area contributed by atoms with Crippen LogP contribution in [0.2, 0.25) is 0 Å². The standard InChI is InChI=1S/C9H12O4/c10-7-5-6(8(11)12)9(13-7)3-1-2-4-9/h6H,1-5H2,(H,11,12)/t6-/m0/s1. The van der Waals surface area contributed by atoms with Crippen LogP contribution in [0.5, 0.6) is 0 Å². The summed E-state index contributed by atoms with van der Waals surface area (Å²) in [7, 11) is 0. The fourth-order valence-corrected chi connectivity index (χ4v) is 2.43. The number of esters is 1. The van der Waals surface area contributed by atoms with Crippen LogP contribution in [0, 0.1) is 5.92 Å². The van der Waals surface area contributed by atoms with Gasteiger partial charge in [0.1, 0.15) is 11.5 Å². The van der Waals surface area contributed by atoms with Gasteiger partial charge in [-0.3, -0.25) is 9.59 Å². The van der Waals surface area contributed by atoms with Crippen LogP contribution >= 0.6 is 0 Å². The Hall–Kier alpha value is -1.06. The molecule has 0 bridgehead atoms. The van der Waals surface area contributed by atoms with E-state index < -0.39 is 17.5 Å². The fraction of sp³-hybridized carbons (Fsp3) is 0.778. The summed E-state index contributed by atoms with van der Waals surface area (Å²) in [5.74, 6) is -1.86. The van der Waals surface area contributed by atoms with Crippen molar-refractivity contribution in [3.05, 3.63) is 0 Å². The Morgan fingerprint density at radius 2 is 2.08 bits per heavy atom. The van der Waals surface area contributed by atoms with Crippen molar-refractivity contribution in [3.63, 3.8) is 0 Å². The molecule has 1 heterocycles. The second-order valence-corrected chi connectivity index (χ2v) is 3.84. The number of hydrogen-bond donors (Lipinski definition) is 1. The lowest BCUT2D eigenvalue weighted by molar-refractivity contribution is -0.153. The van der Waals surface area contributed by atoms with Gasteiger partial charge in [0.15, 0.2) is 0 Å². The number of aliphatic carboxylic acids is 1. The maximum absolute atomic E-state index is 11.0. The van der Waals surface area contributed by atoms with E-state index in [9.17, 15) is 9.59 Å². The topological polar surface area (TPSA) is 63.6 Å². The van der Waals surface area contributed by atoms with Crippen molar-refractivity contribution in [3.8, 4) is 0 Å². The highest BCUT2D eigenvalue weighted by Gasteiger charge is 2.54. The third-order valence-corrected chi connectivity index (χ3v) is 3.07. The molecule has 0 unspecified atom stereocenters. The number of carbonyl (C=O) groups excluding carboxylic acids is 1. The molecule has 0 aromatic rings. The molecule has 1 atom stereocenters. The first-order valence-corrected chi connectivity index (χ1v) is 4.59. The van der Waals surface area contributed by atoms with E-state index >= 15 is 0 Å². The van der Waals surface area contributed by atoms with Gasteiger partial charge < -0.3 is 9.84 Å². The maximum Gasteiger partial charge on any atom is 0.311 e. The molecule has 13 heavy (non-hydrogen) atoms. The van der Waals surface area contributed by atoms with Gasteiger partial charge in [-0.2, -0.15) is 0 Å². The van der Waals surface area contributed by atoms with E-state index in [0.717, 1.165) is 25.7 Å². The smallest absolute Gasteiger partial charge is 0.311 e. The summed E-state index contributed by atoms with van der Waals surface area (Å²) in [5, 5.41) is 8.92. The van der Waals surface area contributed by atoms with Gasteiger partial charge in [-0.1, -0.05) is 0 Å². The van der Waals surface area contributed by atoms with Crippen molar-refractivity contribution in [1.29, 1.82) is 0 Å². The van der Waals surface area contributed by atoms with Gasteiger partial charge in [0.25, 0.3) is 0 Å². The molecule has 1 aliphatic heterocycles. The van der Waals surface area contributed by atoms with E-state index in [1.54, 1.807) is 0 Å². The molecule has 72 valence electrons. The molecular formula is C9H12O4. The van der Waals surface area contributed by atoms with E-state index in [0.29, 0.717) is 0 Å². The summed E-state index contributed by atoms with van der Waals surface area (Å²) in [6.07, 6.45) is 3.43. The van der Waals surface area contributed by atoms with Gasteiger partial charge >= 0.3 is 11.9 Å². The number of carboxylic acids is 1. The van der Waals surface area contributed by atoms with Crippen molar-refractivity contribution < 1.29 is 19.4 Å². The first-order chi connectivity index (χ1) is 6.14. The van der Waals surface area contributed by atoms with E-state index in [1.807, 2.05) is 0 Å². The molecule has 1 aliphatic carbocycles. The molecule has 4 heteroatoms. The predicted octanol–water partition coefficient (Wildman–Crippen LogP) is 0.947. The Kier molecular flexibility index (Phi) is 1.78. The Morgan fingerprint density at radius 3 is 2.62 bits per heavy atom. The molecule has 2 rings (SSSR count). The van der Waals surface area contributed by atoms with Gasteiger partial charge in [0, 0.05) is 0 Å². The lowest BCUT2D eigenvalue weighted by atomic mass is 9.86. The van der Waals surface area contributed by atoms with Gasteiger partial charge in [-0.05, 0) is 25.7 Å². The van der Waals surface area contributed by atoms with Crippen LogP contribution in [0.3, 0.4) is 0 Å². The van der Waals surface area contributed by atoms with Crippen molar-refractivity contribution in [2.75, 3.05) is 0 Å². The molecule has 2 aliphatic rings. The summed E-state index contributed by atoms with van der Waals surface area (Å²) in [6, 6.07) is 0. The number of carboxylic acid groups (broad SMARTS) is 1. The van der Waals surface area contributed by atoms with Crippen LogP contribution in [0.15, 0.2) is 0 Å². The van der Waals surface area contributed by atoms with Crippen LogP contribution < -0.4 is 0 Å². The second-order valence-electron chi connectivity index (χ2n) is 3.84. The molecule has 0 amide bonds. The van der Waals surface area contributed by atoms with E-state index in [1.165, 1.54) is 0 Å². The quantitative estimate of drug-likeness (QED) is 0.616. The summed E-state index contributed by atoms with van der Waals surface area (Å²) in [6.45, 7) is 0. The van der Waals surface area contributed by atoms with Crippen molar-refractivity contribution in [2.45, 2.75) is 37.7 Å². The average molecular weight is 184 g/mol. The minimum atomic E-state index is -0.896. The zero-order chi connectivity index (χ0) is 9.47. The summed E-state index contributed by atoms with van der Waals surface area (Å²) >= 11 is 0. The van der Waals surface area contributed by atoms with Crippen LogP contribution in [0.4, 0.5) is 0 Å². The Labute approximate surface area is 75.9 Å². The van der Waals surface area contributed by atoms with E-state index in [4.69, 9.17) is 9.84 Å². The molecular weight excluding hydrogens is 172 g/mol. The average Bonchev–Trinajstić information content (AvgIpc) is 2.60. The normalized spacial score (nSPS) is 30.8. The molecule has 0 radical (unpaired) electrons. The van der Waals surface area contributed by atoms with E-state index in [-0.39, 0.29) is 12.4 Å². The minimum absolute atomic E-state index is 0.0509. The zero-order valence-corrected chi connectivity index (χ0v) is 7.28. The van der Waals surface area contributed by atoms with Gasteiger partial charge in [-0.15, -0.1) is 0 Å². The second kappa shape index (κ2) is 2.72. The molecule has 4 nitrogen and oxygen atoms in total. The third-order valence-electron chi connectivity index (χ3n) is 3.07. The molecule has 1 saturated heterocycles. The Bertz CT molecular complexity index is 252. The van der Waals surface area contributed by atoms with Gasteiger partial charge in [-0.25, -0.2) is 0 Å². The Morgan fingerprint density at radius 1 is 1.46 bits per heavy atom. The molecule has 0 aromatic heterocycles. The summed E-state index contributed by atoms with van der Waals surface area (Å²) < 4.78 is 5.16. The van der Waals surface area contributed by atoms with Crippen molar-refractivity contribution in [2.24, 2.45) is 5.92 Å². The fourth-order valence-electron chi connectivity index (χ4n) is 2.43. The molecule has 0 aromatic carbocycles. The monoisotopic (exact) mass is 184 g/mol. The molecule has 1 spiro atoms. The maximum atomic E-state index is 11.0. The van der Waals surface area contributed by atoms with Crippen molar-refractivity contribution in [1.82, 2.24) is 0 Å². The first-order valence-electron chi connectivity index (χ1n) is 4.59. The largest absolute Gasteiger partial charge is 0.481 e. The Balaban J connectivity index is 2.25. The predicted molar refractivity (Wildman–Crippen MR) is 43.0 cm³/mol. The van der Waals surface area contributed by atoms with Crippen LogP contribution in [0.25, 0.3) is 0 Å². The van der Waals surface area contributed by atoms with Crippen molar-refractivity contribution >= 4 is 11.9 Å². The highest BCUT2D eigenvalue weighted by atomic mass is 16.6. The van der Waals surface area contributed by atoms with Crippen LogP contribution in [-0.4, -0.2) is 22.6 Å². The van der Waals surface area contributed by atoms with Crippen LogP contribution in [0.1, 0.15) is 32.1 Å². The van der Waals surface area contributed by atoms with Crippen LogP contribution in [-0.2, 0) is 14.3 Å². The number of ether oxygens (including phenoxy) is 1. The van der Waals surface area contributed by atoms with E-state index in [2.05, 4.69) is 0 Å². The molecule has 1 saturated carbocycles. The first kappa shape index (κ1) is 8.53. The third kappa shape index (κ3) is 1.20.